The summed E-state index contributed by atoms with van der Waals surface area (Å²) in [7, 11) is 0. The van der Waals surface area contributed by atoms with Crippen LogP contribution in [-0.2, 0) is 4.79 Å². The third-order valence-electron chi connectivity index (χ3n) is 3.02. The molecule has 17 heavy (non-hydrogen) atoms. The van der Waals surface area contributed by atoms with Crippen molar-refractivity contribution < 1.29 is 4.79 Å². The second kappa shape index (κ2) is 3.70. The fourth-order valence-corrected chi connectivity index (χ4v) is 2.37. The molecule has 3 nitrogen and oxygen atoms in total. The molecule has 1 N–H and O–H groups in total. The molecule has 1 atom stereocenters. The van der Waals surface area contributed by atoms with Crippen LogP contribution in [0, 0.1) is 0 Å². The largest absolute Gasteiger partial charge is 0.345 e. The van der Waals surface area contributed by atoms with Crippen molar-refractivity contribution in [3.63, 3.8) is 0 Å². The zero-order valence-corrected chi connectivity index (χ0v) is 9.47. The first-order valence-corrected chi connectivity index (χ1v) is 5.58. The molecule has 0 saturated heterocycles. The molecule has 1 heterocycles. The zero-order chi connectivity index (χ0) is 11.8. The lowest BCUT2D eigenvalue weighted by Crippen LogP contribution is -2.25. The number of aromatic nitrogens is 1. The SMILES string of the molecule is CC(=O)NC1c2ccccc2-c2ncccc21. The number of hydrogen-bond acceptors (Lipinski definition) is 2. The number of rotatable bonds is 1. The number of amides is 1. The van der Waals surface area contributed by atoms with E-state index in [1.807, 2.05) is 36.4 Å². The van der Waals surface area contributed by atoms with E-state index in [1.165, 1.54) is 6.92 Å². The minimum atomic E-state index is -0.0626. The van der Waals surface area contributed by atoms with Crippen LogP contribution < -0.4 is 5.32 Å². The molecule has 84 valence electrons. The van der Waals surface area contributed by atoms with Gasteiger partial charge in [0.05, 0.1) is 11.7 Å². The molecule has 1 aliphatic rings. The average molecular weight is 224 g/mol. The molecule has 1 aromatic carbocycles. The molecule has 0 spiro atoms. The van der Waals surface area contributed by atoms with Gasteiger partial charge in [0.2, 0.25) is 5.91 Å². The Morgan fingerprint density at radius 1 is 1.18 bits per heavy atom. The molecule has 1 aromatic heterocycles. The highest BCUT2D eigenvalue weighted by Crippen LogP contribution is 2.41. The smallest absolute Gasteiger partial charge is 0.217 e. The van der Waals surface area contributed by atoms with Crippen molar-refractivity contribution in [3.8, 4) is 11.3 Å². The molecule has 0 saturated carbocycles. The molecule has 3 heteroatoms. The molecular weight excluding hydrogens is 212 g/mol. The van der Waals surface area contributed by atoms with E-state index in [0.29, 0.717) is 0 Å². The lowest BCUT2D eigenvalue weighted by molar-refractivity contribution is -0.119. The van der Waals surface area contributed by atoms with Gasteiger partial charge in [-0.05, 0) is 11.6 Å². The van der Waals surface area contributed by atoms with Crippen LogP contribution >= 0.6 is 0 Å². The Hall–Kier alpha value is -2.16. The number of carbonyl (C=O) groups excluding carboxylic acids is 1. The van der Waals surface area contributed by atoms with Gasteiger partial charge in [-0.25, -0.2) is 0 Å². The molecule has 0 bridgehead atoms. The lowest BCUT2D eigenvalue weighted by Gasteiger charge is -2.13. The van der Waals surface area contributed by atoms with E-state index in [0.717, 1.165) is 22.4 Å². The van der Waals surface area contributed by atoms with Crippen LogP contribution in [0.15, 0.2) is 42.6 Å². The van der Waals surface area contributed by atoms with Crippen molar-refractivity contribution in [1.82, 2.24) is 10.3 Å². The van der Waals surface area contributed by atoms with Gasteiger partial charge in [-0.1, -0.05) is 30.3 Å². The van der Waals surface area contributed by atoms with Crippen molar-refractivity contribution in [1.29, 1.82) is 0 Å². The van der Waals surface area contributed by atoms with Gasteiger partial charge in [-0.2, -0.15) is 0 Å². The van der Waals surface area contributed by atoms with Crippen molar-refractivity contribution in [2.24, 2.45) is 0 Å². The fourth-order valence-electron chi connectivity index (χ4n) is 2.37. The van der Waals surface area contributed by atoms with Gasteiger partial charge in [0, 0.05) is 24.2 Å². The van der Waals surface area contributed by atoms with E-state index in [9.17, 15) is 4.79 Å². The quantitative estimate of drug-likeness (QED) is 0.807. The molecule has 3 rings (SSSR count). The Morgan fingerprint density at radius 2 is 1.94 bits per heavy atom. The molecule has 1 aliphatic carbocycles. The molecular formula is C14H12N2O. The predicted molar refractivity (Wildman–Crippen MR) is 65.3 cm³/mol. The van der Waals surface area contributed by atoms with Crippen molar-refractivity contribution in [2.45, 2.75) is 13.0 Å². The highest BCUT2D eigenvalue weighted by atomic mass is 16.1. The number of nitrogens with zero attached hydrogens (tertiary/aromatic N) is 1. The summed E-state index contributed by atoms with van der Waals surface area (Å²) in [5.41, 5.74) is 4.28. The van der Waals surface area contributed by atoms with Gasteiger partial charge in [-0.15, -0.1) is 0 Å². The third-order valence-corrected chi connectivity index (χ3v) is 3.02. The maximum atomic E-state index is 11.3. The summed E-state index contributed by atoms with van der Waals surface area (Å²) in [4.78, 5) is 15.7. The van der Waals surface area contributed by atoms with E-state index in [2.05, 4.69) is 10.3 Å². The maximum Gasteiger partial charge on any atom is 0.217 e. The molecule has 2 aromatic rings. The minimum Gasteiger partial charge on any atom is -0.345 e. The van der Waals surface area contributed by atoms with Crippen LogP contribution in [0.4, 0.5) is 0 Å². The number of pyridine rings is 1. The van der Waals surface area contributed by atoms with Gasteiger partial charge in [0.15, 0.2) is 0 Å². The van der Waals surface area contributed by atoms with Crippen LogP contribution in [0.25, 0.3) is 11.3 Å². The Kier molecular flexibility index (Phi) is 2.18. The Balaban J connectivity index is 2.20. The van der Waals surface area contributed by atoms with Gasteiger partial charge < -0.3 is 5.32 Å². The van der Waals surface area contributed by atoms with Crippen LogP contribution in [0.5, 0.6) is 0 Å². The van der Waals surface area contributed by atoms with Gasteiger partial charge >= 0.3 is 0 Å². The van der Waals surface area contributed by atoms with Crippen molar-refractivity contribution >= 4 is 5.91 Å². The second-order valence-corrected chi connectivity index (χ2v) is 4.16. The van der Waals surface area contributed by atoms with Crippen LogP contribution in [-0.4, -0.2) is 10.9 Å². The number of benzene rings is 1. The monoisotopic (exact) mass is 224 g/mol. The highest BCUT2D eigenvalue weighted by molar-refractivity contribution is 5.80. The van der Waals surface area contributed by atoms with E-state index >= 15 is 0 Å². The Morgan fingerprint density at radius 3 is 2.76 bits per heavy atom. The van der Waals surface area contributed by atoms with Gasteiger partial charge in [-0.3, -0.25) is 9.78 Å². The number of nitrogens with one attached hydrogen (secondary N) is 1. The highest BCUT2D eigenvalue weighted by Gasteiger charge is 2.29. The Labute approximate surface area is 99.5 Å². The number of carbonyl (C=O) groups is 1. The van der Waals surface area contributed by atoms with Crippen LogP contribution in [0.3, 0.4) is 0 Å². The predicted octanol–water partition coefficient (Wildman–Crippen LogP) is 2.29. The topological polar surface area (TPSA) is 42.0 Å². The summed E-state index contributed by atoms with van der Waals surface area (Å²) in [6, 6.07) is 11.9. The first-order chi connectivity index (χ1) is 8.27. The maximum absolute atomic E-state index is 11.3. The molecule has 1 amide bonds. The van der Waals surface area contributed by atoms with Crippen molar-refractivity contribution in [3.05, 3.63) is 53.7 Å². The second-order valence-electron chi connectivity index (χ2n) is 4.16. The zero-order valence-electron chi connectivity index (χ0n) is 9.47. The van der Waals surface area contributed by atoms with E-state index in [1.54, 1.807) is 6.20 Å². The standard InChI is InChI=1S/C14H12N2O/c1-9(17)16-14-11-6-3-2-5-10(11)13-12(14)7-4-8-15-13/h2-8,14H,1H3,(H,16,17). The average Bonchev–Trinajstić information content (AvgIpc) is 2.65. The van der Waals surface area contributed by atoms with E-state index < -0.39 is 0 Å². The fraction of sp³-hybridized carbons (Fsp3) is 0.143. The summed E-state index contributed by atoms with van der Waals surface area (Å²) < 4.78 is 0. The van der Waals surface area contributed by atoms with Crippen LogP contribution in [0.1, 0.15) is 24.1 Å². The van der Waals surface area contributed by atoms with E-state index in [-0.39, 0.29) is 11.9 Å². The summed E-state index contributed by atoms with van der Waals surface area (Å²) >= 11 is 0. The minimum absolute atomic E-state index is 0.0264. The molecule has 0 aliphatic heterocycles. The first-order valence-electron chi connectivity index (χ1n) is 5.58. The number of hydrogen-bond donors (Lipinski definition) is 1. The molecule has 1 unspecified atom stereocenters. The summed E-state index contributed by atoms with van der Waals surface area (Å²) in [5, 5.41) is 2.98. The van der Waals surface area contributed by atoms with Gasteiger partial charge in [0.1, 0.15) is 0 Å². The molecule has 0 radical (unpaired) electrons. The van der Waals surface area contributed by atoms with Crippen molar-refractivity contribution in [2.75, 3.05) is 0 Å². The van der Waals surface area contributed by atoms with Crippen LogP contribution in [0.2, 0.25) is 0 Å². The van der Waals surface area contributed by atoms with Gasteiger partial charge in [0.25, 0.3) is 0 Å². The molecule has 0 fully saturated rings. The summed E-state index contributed by atoms with van der Waals surface area (Å²) in [5.74, 6) is -0.0264. The summed E-state index contributed by atoms with van der Waals surface area (Å²) in [6.45, 7) is 1.54. The summed E-state index contributed by atoms with van der Waals surface area (Å²) in [6.07, 6.45) is 1.78. The normalized spacial score (nSPS) is 16.2. The number of fused-ring (bicyclic) bond motifs is 3. The third kappa shape index (κ3) is 1.51. The van der Waals surface area contributed by atoms with E-state index in [4.69, 9.17) is 0 Å². The lowest BCUT2D eigenvalue weighted by atomic mass is 10.1. The Bertz CT molecular complexity index is 547. The first kappa shape index (κ1) is 10.0.